The van der Waals surface area contributed by atoms with Crippen molar-refractivity contribution in [3.05, 3.63) is 70.9 Å². The zero-order valence-electron chi connectivity index (χ0n) is 18.7. The summed E-state index contributed by atoms with van der Waals surface area (Å²) in [4.78, 5) is 17.5. The third kappa shape index (κ3) is 5.05. The Hall–Kier alpha value is -3.05. The second-order valence-electron chi connectivity index (χ2n) is 8.92. The van der Waals surface area contributed by atoms with Crippen LogP contribution in [0.1, 0.15) is 39.2 Å². The van der Waals surface area contributed by atoms with Crippen LogP contribution in [0.2, 0.25) is 0 Å². The minimum atomic E-state index is -2.53. The number of nitrogens with one attached hydrogen (secondary N) is 1. The van der Waals surface area contributed by atoms with E-state index in [0.717, 1.165) is 41.5 Å². The molecule has 2 aliphatic rings. The van der Waals surface area contributed by atoms with Gasteiger partial charge in [-0.2, -0.15) is 8.42 Å². The van der Waals surface area contributed by atoms with Crippen molar-refractivity contribution in [3.63, 3.8) is 0 Å². The largest absolute Gasteiger partial charge is 0.443 e. The highest BCUT2D eigenvalue weighted by atomic mass is 32.9. The van der Waals surface area contributed by atoms with E-state index in [1.54, 1.807) is 20.8 Å². The first-order chi connectivity index (χ1) is 16.0. The second kappa shape index (κ2) is 8.95. The number of rotatable bonds is 5. The van der Waals surface area contributed by atoms with E-state index in [1.807, 2.05) is 30.3 Å². The van der Waals surface area contributed by atoms with Crippen molar-refractivity contribution < 1.29 is 26.7 Å². The summed E-state index contributed by atoms with van der Waals surface area (Å²) in [6.45, 7) is 4.81. The summed E-state index contributed by atoms with van der Waals surface area (Å²) in [6.07, 6.45) is 0.532. The van der Waals surface area contributed by atoms with E-state index in [2.05, 4.69) is 10.3 Å². The molecule has 1 heterocycles. The van der Waals surface area contributed by atoms with Gasteiger partial charge >= 0.3 is 6.09 Å². The van der Waals surface area contributed by atoms with Crippen LogP contribution in [-0.2, 0) is 29.0 Å². The summed E-state index contributed by atoms with van der Waals surface area (Å²) in [5.74, 6) is -2.28. The summed E-state index contributed by atoms with van der Waals surface area (Å²) < 4.78 is 58.6. The average Bonchev–Trinajstić information content (AvgIpc) is 3.35. The number of carbonyl (C=O) groups excluding carboxylic acids is 1. The molecule has 1 aliphatic heterocycles. The fraction of sp³-hybridized carbons (Fsp3) is 0.304. The Morgan fingerprint density at radius 3 is 2.26 bits per heavy atom. The normalized spacial score (nSPS) is 18.3. The molecule has 1 saturated carbocycles. The lowest BCUT2D eigenvalue weighted by Crippen LogP contribution is -2.37. The molecule has 11 heteroatoms. The van der Waals surface area contributed by atoms with Gasteiger partial charge in [0.2, 0.25) is 9.26 Å². The molecule has 2 aromatic rings. The highest BCUT2D eigenvalue weighted by molar-refractivity contribution is 8.42. The lowest BCUT2D eigenvalue weighted by Gasteiger charge is -2.28. The fourth-order valence-electron chi connectivity index (χ4n) is 3.56. The molecule has 180 valence electrons. The van der Waals surface area contributed by atoms with Gasteiger partial charge in [-0.25, -0.2) is 23.5 Å². The van der Waals surface area contributed by atoms with Crippen LogP contribution in [0.15, 0.2) is 58.7 Å². The van der Waals surface area contributed by atoms with Crippen molar-refractivity contribution in [1.29, 1.82) is 0 Å². The molecule has 1 unspecified atom stereocenters. The highest BCUT2D eigenvalue weighted by Gasteiger charge is 2.44. The molecule has 7 nitrogen and oxygen atoms in total. The van der Waals surface area contributed by atoms with E-state index in [4.69, 9.17) is 4.74 Å². The second-order valence-corrected chi connectivity index (χ2v) is 12.4. The van der Waals surface area contributed by atoms with Crippen LogP contribution < -0.4 is 10.2 Å². The van der Waals surface area contributed by atoms with Gasteiger partial charge in [-0.3, -0.25) is 0 Å². The fourth-order valence-corrected chi connectivity index (χ4v) is 5.19. The summed E-state index contributed by atoms with van der Waals surface area (Å²) in [5, 5.41) is 4.36. The standard InChI is InChI=1S/C23H23F2N3O4S2/c1-22(2,3)32-21(29)28(19-13-33(14-26-19)34(30)31)20-17(24)11-16(12-18(20)25)27-23(9-10-23)15-7-5-4-6-8-15/h4-8,11-14,27H,9-10H2,1-3H3. The van der Waals surface area contributed by atoms with Gasteiger partial charge in [0.25, 0.3) is 0 Å². The van der Waals surface area contributed by atoms with Gasteiger partial charge in [-0.1, -0.05) is 30.3 Å². The first-order valence-corrected chi connectivity index (χ1v) is 13.4. The van der Waals surface area contributed by atoms with Crippen LogP contribution >= 0.6 is 0 Å². The molecule has 0 saturated heterocycles. The Balaban J connectivity index is 1.73. The monoisotopic (exact) mass is 507 g/mol. The van der Waals surface area contributed by atoms with Crippen LogP contribution in [0.25, 0.3) is 0 Å². The van der Waals surface area contributed by atoms with Gasteiger partial charge in [0.1, 0.15) is 11.3 Å². The number of nitrogens with zero attached hydrogens (tertiary/aromatic N) is 2. The molecule has 0 radical (unpaired) electrons. The number of aliphatic imine (C=N–C) groups is 1. The van der Waals surface area contributed by atoms with Crippen molar-refractivity contribution in [2.45, 2.75) is 44.8 Å². The third-order valence-electron chi connectivity index (χ3n) is 5.17. The molecule has 0 aromatic heterocycles. The first kappa shape index (κ1) is 24.1. The summed E-state index contributed by atoms with van der Waals surface area (Å²) in [5.41, 5.74) is 0.251. The Morgan fingerprint density at radius 1 is 1.15 bits per heavy atom. The number of halogens is 2. The smallest absolute Gasteiger partial charge is 0.420 e. The van der Waals surface area contributed by atoms with Crippen molar-refractivity contribution >= 4 is 41.7 Å². The number of anilines is 2. The Kier molecular flexibility index (Phi) is 6.34. The third-order valence-corrected chi connectivity index (χ3v) is 7.73. The predicted octanol–water partition coefficient (Wildman–Crippen LogP) is 5.06. The number of benzene rings is 2. The van der Waals surface area contributed by atoms with Crippen LogP contribution in [0.4, 0.5) is 25.0 Å². The molecular weight excluding hydrogens is 484 g/mol. The molecular formula is C23H23F2N3O4S2. The van der Waals surface area contributed by atoms with E-state index in [0.29, 0.717) is 4.90 Å². The van der Waals surface area contributed by atoms with Gasteiger partial charge in [0.05, 0.1) is 11.1 Å². The van der Waals surface area contributed by atoms with Gasteiger partial charge in [0.15, 0.2) is 17.5 Å². The average molecular weight is 508 g/mol. The highest BCUT2D eigenvalue weighted by Crippen LogP contribution is 2.48. The molecule has 1 amide bonds. The lowest BCUT2D eigenvalue weighted by molar-refractivity contribution is 0.0590. The van der Waals surface area contributed by atoms with Crippen LogP contribution in [0, 0.1) is 11.6 Å². The van der Waals surface area contributed by atoms with Crippen molar-refractivity contribution in [1.82, 2.24) is 0 Å². The van der Waals surface area contributed by atoms with E-state index < -0.39 is 53.3 Å². The van der Waals surface area contributed by atoms with Crippen molar-refractivity contribution in [2.24, 2.45) is 4.99 Å². The van der Waals surface area contributed by atoms with E-state index >= 15 is 8.78 Å². The minimum absolute atomic E-state index is 0.216. The number of ether oxygens (including phenoxy) is 1. The molecule has 2 aromatic carbocycles. The molecule has 1 N–H and O–H groups in total. The topological polar surface area (TPSA) is 88.1 Å². The summed E-state index contributed by atoms with van der Waals surface area (Å²) in [7, 11) is -3.96. The van der Waals surface area contributed by atoms with E-state index in [1.165, 1.54) is 0 Å². The zero-order valence-corrected chi connectivity index (χ0v) is 20.3. The van der Waals surface area contributed by atoms with E-state index in [9.17, 15) is 13.2 Å². The number of hydrogen-bond donors (Lipinski definition) is 1. The molecule has 1 fully saturated rings. The maximum Gasteiger partial charge on any atom is 0.420 e. The van der Waals surface area contributed by atoms with Gasteiger partial charge in [-0.05, 0) is 51.3 Å². The van der Waals surface area contributed by atoms with E-state index in [-0.39, 0.29) is 11.5 Å². The van der Waals surface area contributed by atoms with Gasteiger partial charge in [0, 0.05) is 20.5 Å². The summed E-state index contributed by atoms with van der Waals surface area (Å²) >= 11 is 0. The SMILES string of the molecule is CC(C)(C)OC(=O)N(C1=CS(=S(=O)=O)C=N1)c1c(F)cc(NC2(c3ccccc3)CC2)cc1F. The first-order valence-electron chi connectivity index (χ1n) is 10.4. The van der Waals surface area contributed by atoms with Crippen LogP contribution in [0.5, 0.6) is 0 Å². The number of amides is 1. The number of carbonyl (C=O) groups is 1. The maximum absolute atomic E-state index is 15.3. The van der Waals surface area contributed by atoms with Crippen LogP contribution in [-0.4, -0.2) is 25.7 Å². The Labute approximate surface area is 199 Å². The minimum Gasteiger partial charge on any atom is -0.443 e. The van der Waals surface area contributed by atoms with Crippen molar-refractivity contribution in [2.75, 3.05) is 10.2 Å². The van der Waals surface area contributed by atoms with Crippen molar-refractivity contribution in [3.8, 4) is 0 Å². The molecule has 0 bridgehead atoms. The maximum atomic E-state index is 15.3. The molecule has 34 heavy (non-hydrogen) atoms. The van der Waals surface area contributed by atoms with Crippen LogP contribution in [0.3, 0.4) is 0 Å². The molecule has 0 spiro atoms. The number of hydrogen-bond acceptors (Lipinski definition) is 6. The quantitative estimate of drug-likeness (QED) is 0.611. The predicted molar refractivity (Wildman–Crippen MR) is 129 cm³/mol. The Morgan fingerprint density at radius 2 is 1.76 bits per heavy atom. The molecule has 1 atom stereocenters. The molecule has 1 aliphatic carbocycles. The summed E-state index contributed by atoms with van der Waals surface area (Å²) in [6, 6.07) is 11.8. The molecule has 4 rings (SSSR count). The van der Waals surface area contributed by atoms with Gasteiger partial charge < -0.3 is 10.1 Å². The Bertz CT molecular complexity index is 1320. The van der Waals surface area contributed by atoms with Gasteiger partial charge in [-0.15, -0.1) is 0 Å². The lowest BCUT2D eigenvalue weighted by atomic mass is 10.0. The zero-order chi connectivity index (χ0) is 24.7.